The van der Waals surface area contributed by atoms with E-state index in [-0.39, 0.29) is 31.4 Å². The Kier molecular flexibility index (Phi) is 9.48. The van der Waals surface area contributed by atoms with Crippen molar-refractivity contribution in [2.75, 3.05) is 18.1 Å². The van der Waals surface area contributed by atoms with Crippen molar-refractivity contribution in [1.82, 2.24) is 4.90 Å². The molecular weight excluding hydrogens is 777 g/mol. The zero-order valence-electron chi connectivity index (χ0n) is 23.9. The average molecular weight is 813 g/mol. The van der Waals surface area contributed by atoms with Crippen LogP contribution in [0, 0.1) is 13.1 Å². The minimum atomic E-state index is -3.42. The number of fused-ring (bicyclic) bond motifs is 2. The van der Waals surface area contributed by atoms with Gasteiger partial charge in [0.25, 0.3) is 5.91 Å². The number of aliphatic hydroxyl groups is 1. The summed E-state index contributed by atoms with van der Waals surface area (Å²) in [5.41, 5.74) is 1.47. The first-order valence-corrected chi connectivity index (χ1v) is 19.2. The van der Waals surface area contributed by atoms with Crippen LogP contribution >= 0.6 is 45.2 Å². The summed E-state index contributed by atoms with van der Waals surface area (Å²) in [6.45, 7) is 5.87. The molecule has 4 atom stereocenters. The van der Waals surface area contributed by atoms with Gasteiger partial charge in [-0.3, -0.25) is 9.59 Å². The molecule has 2 aliphatic heterocycles. The molecule has 0 radical (unpaired) electrons. The van der Waals surface area contributed by atoms with Crippen LogP contribution in [0.15, 0.2) is 72.8 Å². The topological polar surface area (TPSA) is 70.1 Å². The second kappa shape index (κ2) is 12.6. The van der Waals surface area contributed by atoms with Gasteiger partial charge in [0, 0.05) is 37.3 Å². The molecule has 6 nitrogen and oxygen atoms in total. The fourth-order valence-electron chi connectivity index (χ4n) is 6.71. The first-order valence-electron chi connectivity index (χ1n) is 14.1. The summed E-state index contributed by atoms with van der Waals surface area (Å²) in [4.78, 5) is 31.6. The van der Waals surface area contributed by atoms with Crippen molar-refractivity contribution in [3.8, 4) is 0 Å². The Morgan fingerprint density at radius 3 is 2.40 bits per heavy atom. The molecule has 1 fully saturated rings. The lowest BCUT2D eigenvalue weighted by atomic mass is 9.82. The van der Waals surface area contributed by atoms with Gasteiger partial charge in [0.05, 0.1) is 31.4 Å². The lowest BCUT2D eigenvalue weighted by molar-refractivity contribution is -0.150. The highest BCUT2D eigenvalue weighted by molar-refractivity contribution is 14.1. The van der Waals surface area contributed by atoms with Crippen LogP contribution in [0.3, 0.4) is 0 Å². The Labute approximate surface area is 275 Å². The van der Waals surface area contributed by atoms with Crippen molar-refractivity contribution in [1.29, 1.82) is 0 Å². The van der Waals surface area contributed by atoms with Crippen LogP contribution in [-0.4, -0.2) is 49.5 Å². The van der Waals surface area contributed by atoms with Gasteiger partial charge in [-0.2, -0.15) is 0 Å². The molecule has 10 heteroatoms. The molecule has 0 saturated carbocycles. The number of hydrogen-bond acceptors (Lipinski definition) is 4. The number of carbonyl (C=O) groups is 2. The molecule has 222 valence electrons. The van der Waals surface area contributed by atoms with Crippen molar-refractivity contribution in [3.05, 3.63) is 96.6 Å². The van der Waals surface area contributed by atoms with Crippen molar-refractivity contribution in [3.63, 3.8) is 0 Å². The molecule has 1 spiro atoms. The third-order valence-corrected chi connectivity index (χ3v) is 12.3. The lowest BCUT2D eigenvalue weighted by Gasteiger charge is -2.31. The number of benzene rings is 3. The van der Waals surface area contributed by atoms with Crippen LogP contribution in [0.1, 0.15) is 30.0 Å². The average Bonchev–Trinajstić information content (AvgIpc) is 3.35. The standard InChI is InChI=1S/C32H35FI2N2O4Si/c1-21-30(42(2,3)33)28(18-29(39)36(14-15-38)19-22-8-5-4-6-9-22)41-32(21)26-17-25(35)12-13-27(26)37(31(32)40)20-23-10-7-11-24(34)16-23/h4-13,16-17,21,28,30,38H,14-15,18-20H2,1-3H3/t21-,28+,30-,32+/m0/s1. The third kappa shape index (κ3) is 6.06. The number of amides is 2. The molecule has 2 amide bonds. The van der Waals surface area contributed by atoms with Crippen LogP contribution in [-0.2, 0) is 33.0 Å². The van der Waals surface area contributed by atoms with Gasteiger partial charge in [0.1, 0.15) is 0 Å². The van der Waals surface area contributed by atoms with Crippen molar-refractivity contribution in [2.45, 2.75) is 56.8 Å². The van der Waals surface area contributed by atoms with Crippen molar-refractivity contribution in [2.24, 2.45) is 5.92 Å². The van der Waals surface area contributed by atoms with E-state index in [1.54, 1.807) is 22.9 Å². The lowest BCUT2D eigenvalue weighted by Crippen LogP contribution is -2.45. The van der Waals surface area contributed by atoms with Gasteiger partial charge < -0.3 is 23.8 Å². The molecule has 42 heavy (non-hydrogen) atoms. The molecule has 2 heterocycles. The Morgan fingerprint density at radius 2 is 1.74 bits per heavy atom. The van der Waals surface area contributed by atoms with Gasteiger partial charge in [-0.1, -0.05) is 49.4 Å². The van der Waals surface area contributed by atoms with E-state index in [0.717, 1.165) is 29.5 Å². The highest BCUT2D eigenvalue weighted by Crippen LogP contribution is 2.60. The van der Waals surface area contributed by atoms with Gasteiger partial charge in [-0.05, 0) is 99.7 Å². The van der Waals surface area contributed by atoms with E-state index in [1.807, 2.05) is 73.7 Å². The molecule has 3 aromatic carbocycles. The number of anilines is 1. The normalized spacial score (nSPS) is 23.5. The zero-order chi connectivity index (χ0) is 30.2. The number of nitrogens with zero attached hydrogens (tertiary/aromatic N) is 2. The number of halogens is 3. The molecule has 1 N–H and O–H groups in total. The van der Waals surface area contributed by atoms with E-state index < -0.39 is 31.6 Å². The molecule has 0 aromatic heterocycles. The Hall–Kier alpha value is -1.87. The van der Waals surface area contributed by atoms with Crippen LogP contribution in [0.5, 0.6) is 0 Å². The van der Waals surface area contributed by atoms with E-state index in [2.05, 4.69) is 51.2 Å². The minimum absolute atomic E-state index is 0.0621. The summed E-state index contributed by atoms with van der Waals surface area (Å²) in [6, 6.07) is 23.5. The molecule has 3 aromatic rings. The smallest absolute Gasteiger partial charge is 0.264 e. The summed E-state index contributed by atoms with van der Waals surface area (Å²) in [5.74, 6) is -0.914. The molecular formula is C32H35FI2N2O4Si. The molecule has 5 rings (SSSR count). The Balaban J connectivity index is 1.51. The van der Waals surface area contributed by atoms with Gasteiger partial charge >= 0.3 is 0 Å². The van der Waals surface area contributed by atoms with E-state index in [9.17, 15) is 14.7 Å². The predicted octanol–water partition coefficient (Wildman–Crippen LogP) is 6.63. The highest BCUT2D eigenvalue weighted by Gasteiger charge is 2.67. The molecule has 0 aliphatic carbocycles. The summed E-state index contributed by atoms with van der Waals surface area (Å²) in [6.07, 6.45) is -0.837. The summed E-state index contributed by atoms with van der Waals surface area (Å²) in [5, 5.41) is 9.72. The van der Waals surface area contributed by atoms with E-state index in [0.29, 0.717) is 13.1 Å². The summed E-state index contributed by atoms with van der Waals surface area (Å²) in [7, 11) is -3.42. The van der Waals surface area contributed by atoms with Gasteiger partial charge in [0.15, 0.2) is 5.60 Å². The second-order valence-electron chi connectivity index (χ2n) is 11.7. The van der Waals surface area contributed by atoms with Crippen LogP contribution in [0.4, 0.5) is 9.80 Å². The van der Waals surface area contributed by atoms with Crippen LogP contribution in [0.2, 0.25) is 18.6 Å². The van der Waals surface area contributed by atoms with Gasteiger partial charge in [0.2, 0.25) is 14.3 Å². The van der Waals surface area contributed by atoms with Crippen molar-refractivity contribution >= 4 is 71.1 Å². The first-order chi connectivity index (χ1) is 20.0. The van der Waals surface area contributed by atoms with E-state index in [1.165, 1.54) is 0 Å². The van der Waals surface area contributed by atoms with Gasteiger partial charge in [-0.15, -0.1) is 0 Å². The maximum atomic E-state index is 16.2. The second-order valence-corrected chi connectivity index (χ2v) is 18.0. The predicted molar refractivity (Wildman–Crippen MR) is 181 cm³/mol. The number of carbonyl (C=O) groups excluding carboxylic acids is 2. The fraction of sp³-hybridized carbons (Fsp3) is 0.375. The van der Waals surface area contributed by atoms with Crippen molar-refractivity contribution < 1.29 is 23.5 Å². The number of ether oxygens (including phenoxy) is 1. The number of aliphatic hydroxyl groups excluding tert-OH is 1. The summed E-state index contributed by atoms with van der Waals surface area (Å²) < 4.78 is 25.0. The maximum absolute atomic E-state index is 16.2. The Morgan fingerprint density at radius 1 is 1.05 bits per heavy atom. The van der Waals surface area contributed by atoms with E-state index in [4.69, 9.17) is 4.74 Å². The fourth-order valence-corrected chi connectivity index (χ4v) is 10.3. The van der Waals surface area contributed by atoms with E-state index >= 15 is 4.11 Å². The Bertz CT molecular complexity index is 1470. The quantitative estimate of drug-likeness (QED) is 0.150. The third-order valence-electron chi connectivity index (χ3n) is 8.47. The molecule has 2 aliphatic rings. The minimum Gasteiger partial charge on any atom is -0.395 e. The SMILES string of the molecule is C[C@H]1[C@H]([Si](C)(C)F)[C@@H](CC(=O)N(CCO)Cc2ccccc2)O[C@]12C(=O)N(Cc1cccc(I)c1)c1ccc(I)cc12. The highest BCUT2D eigenvalue weighted by atomic mass is 127. The maximum Gasteiger partial charge on any atom is 0.264 e. The number of hydrogen-bond donors (Lipinski definition) is 1. The molecule has 1 saturated heterocycles. The zero-order valence-corrected chi connectivity index (χ0v) is 29.2. The molecule has 0 unspecified atom stereocenters. The summed E-state index contributed by atoms with van der Waals surface area (Å²) >= 11 is 4.49. The molecule has 0 bridgehead atoms. The van der Waals surface area contributed by atoms with Crippen LogP contribution in [0.25, 0.3) is 0 Å². The van der Waals surface area contributed by atoms with Crippen LogP contribution < -0.4 is 4.90 Å². The number of rotatable bonds is 9. The largest absolute Gasteiger partial charge is 0.395 e. The monoisotopic (exact) mass is 812 g/mol. The van der Waals surface area contributed by atoms with Gasteiger partial charge in [-0.25, -0.2) is 0 Å². The first kappa shape index (κ1) is 31.5.